The number of aryl methyl sites for hydroxylation is 1. The first-order valence-corrected chi connectivity index (χ1v) is 7.78. The third kappa shape index (κ3) is 4.00. The van der Waals surface area contributed by atoms with Gasteiger partial charge in [0.1, 0.15) is 17.9 Å². The average Bonchev–Trinajstić information content (AvgIpc) is 2.66. The summed E-state index contributed by atoms with van der Waals surface area (Å²) in [5.41, 5.74) is 1.12. The number of nitrogens with zero attached hydrogens (tertiary/aromatic N) is 3. The maximum absolute atomic E-state index is 12.3. The number of aromatic nitrogens is 3. The van der Waals surface area contributed by atoms with E-state index >= 15 is 0 Å². The molecule has 128 valence electrons. The predicted octanol–water partition coefficient (Wildman–Crippen LogP) is 1.93. The summed E-state index contributed by atoms with van der Waals surface area (Å²) in [4.78, 5) is 24.2. The Bertz CT molecular complexity index is 935. The van der Waals surface area contributed by atoms with E-state index in [-0.39, 0.29) is 25.1 Å². The molecule has 0 fully saturated rings. The van der Waals surface area contributed by atoms with Crippen molar-refractivity contribution in [3.8, 4) is 5.75 Å². The van der Waals surface area contributed by atoms with Crippen LogP contribution in [0.25, 0.3) is 10.9 Å². The van der Waals surface area contributed by atoms with Crippen LogP contribution in [0, 0.1) is 0 Å². The van der Waals surface area contributed by atoms with E-state index in [1.54, 1.807) is 43.5 Å². The molecule has 0 spiro atoms. The molecule has 0 saturated heterocycles. The molecular formula is C18H17N3O4. The highest BCUT2D eigenvalue weighted by molar-refractivity contribution is 5.76. The predicted molar refractivity (Wildman–Crippen MR) is 91.2 cm³/mol. The second kappa shape index (κ2) is 7.57. The van der Waals surface area contributed by atoms with Crippen molar-refractivity contribution in [3.05, 3.63) is 64.4 Å². The van der Waals surface area contributed by atoms with E-state index in [9.17, 15) is 9.59 Å². The first kappa shape index (κ1) is 16.6. The number of hydrogen-bond acceptors (Lipinski definition) is 6. The van der Waals surface area contributed by atoms with Crippen LogP contribution in [0.1, 0.15) is 12.0 Å². The van der Waals surface area contributed by atoms with Crippen molar-refractivity contribution in [2.24, 2.45) is 0 Å². The highest BCUT2D eigenvalue weighted by Crippen LogP contribution is 2.12. The Morgan fingerprint density at radius 1 is 1.12 bits per heavy atom. The number of hydrogen-bond donors (Lipinski definition) is 0. The second-order valence-electron chi connectivity index (χ2n) is 5.39. The minimum Gasteiger partial charge on any atom is -0.497 e. The lowest BCUT2D eigenvalue weighted by molar-refractivity contribution is -0.145. The average molecular weight is 339 g/mol. The zero-order chi connectivity index (χ0) is 17.6. The topological polar surface area (TPSA) is 83.3 Å². The van der Waals surface area contributed by atoms with E-state index in [2.05, 4.69) is 10.3 Å². The Balaban J connectivity index is 1.57. The molecule has 0 aliphatic carbocycles. The maximum atomic E-state index is 12.3. The Morgan fingerprint density at radius 2 is 1.88 bits per heavy atom. The molecule has 0 saturated carbocycles. The maximum Gasteiger partial charge on any atom is 0.308 e. The number of rotatable bonds is 6. The number of methoxy groups -OCH3 is 1. The highest BCUT2D eigenvalue weighted by Gasteiger charge is 2.09. The molecule has 0 aliphatic heterocycles. The SMILES string of the molecule is COc1ccc(COC(=O)CCn2nnc3ccccc3c2=O)cc1. The number of fused-ring (bicyclic) bond motifs is 1. The number of esters is 1. The van der Waals surface area contributed by atoms with Crippen molar-refractivity contribution < 1.29 is 14.3 Å². The van der Waals surface area contributed by atoms with E-state index in [0.29, 0.717) is 10.9 Å². The first-order chi connectivity index (χ1) is 12.2. The smallest absolute Gasteiger partial charge is 0.308 e. The second-order valence-corrected chi connectivity index (χ2v) is 5.39. The van der Waals surface area contributed by atoms with Gasteiger partial charge in [-0.1, -0.05) is 29.5 Å². The standard InChI is InChI=1S/C18H17N3O4/c1-24-14-8-6-13(7-9-14)12-25-17(22)10-11-21-18(23)15-4-2-3-5-16(15)19-20-21/h2-9H,10-12H2,1H3. The molecule has 2 aromatic carbocycles. The quantitative estimate of drug-likeness (QED) is 0.638. The third-order valence-electron chi connectivity index (χ3n) is 3.72. The number of benzene rings is 2. The summed E-state index contributed by atoms with van der Waals surface area (Å²) in [7, 11) is 1.59. The van der Waals surface area contributed by atoms with Crippen LogP contribution >= 0.6 is 0 Å². The summed E-state index contributed by atoms with van der Waals surface area (Å²) >= 11 is 0. The molecule has 1 heterocycles. The molecule has 1 aromatic heterocycles. The van der Waals surface area contributed by atoms with Crippen LogP contribution in [0.5, 0.6) is 5.75 Å². The fourth-order valence-electron chi connectivity index (χ4n) is 2.32. The third-order valence-corrected chi connectivity index (χ3v) is 3.72. The highest BCUT2D eigenvalue weighted by atomic mass is 16.5. The lowest BCUT2D eigenvalue weighted by Gasteiger charge is -2.07. The molecule has 0 radical (unpaired) electrons. The van der Waals surface area contributed by atoms with Crippen molar-refractivity contribution in [3.63, 3.8) is 0 Å². The zero-order valence-corrected chi connectivity index (χ0v) is 13.7. The van der Waals surface area contributed by atoms with Gasteiger partial charge < -0.3 is 9.47 Å². The lowest BCUT2D eigenvalue weighted by atomic mass is 10.2. The van der Waals surface area contributed by atoms with Gasteiger partial charge in [0.25, 0.3) is 5.56 Å². The summed E-state index contributed by atoms with van der Waals surface area (Å²) in [5.74, 6) is 0.335. The molecule has 0 bridgehead atoms. The summed E-state index contributed by atoms with van der Waals surface area (Å²) in [5, 5.41) is 8.30. The van der Waals surface area contributed by atoms with Gasteiger partial charge in [0.05, 0.1) is 25.5 Å². The fourth-order valence-corrected chi connectivity index (χ4v) is 2.32. The number of carbonyl (C=O) groups is 1. The van der Waals surface area contributed by atoms with Crippen LogP contribution in [0.4, 0.5) is 0 Å². The van der Waals surface area contributed by atoms with E-state index in [4.69, 9.17) is 9.47 Å². The first-order valence-electron chi connectivity index (χ1n) is 7.78. The van der Waals surface area contributed by atoms with Crippen molar-refractivity contribution >= 4 is 16.9 Å². The molecule has 3 rings (SSSR count). The van der Waals surface area contributed by atoms with Gasteiger partial charge in [-0.05, 0) is 29.8 Å². The van der Waals surface area contributed by atoms with Crippen molar-refractivity contribution in [2.45, 2.75) is 19.6 Å². The minimum atomic E-state index is -0.405. The van der Waals surface area contributed by atoms with Gasteiger partial charge >= 0.3 is 5.97 Å². The van der Waals surface area contributed by atoms with E-state index in [1.165, 1.54) is 4.68 Å². The van der Waals surface area contributed by atoms with E-state index < -0.39 is 5.97 Å². The van der Waals surface area contributed by atoms with Gasteiger partial charge in [0, 0.05) is 0 Å². The molecule has 25 heavy (non-hydrogen) atoms. The molecular weight excluding hydrogens is 322 g/mol. The van der Waals surface area contributed by atoms with Gasteiger partial charge in [0.2, 0.25) is 0 Å². The largest absolute Gasteiger partial charge is 0.497 e. The molecule has 0 N–H and O–H groups in total. The van der Waals surface area contributed by atoms with Crippen LogP contribution in [0.3, 0.4) is 0 Å². The molecule has 0 atom stereocenters. The fraction of sp³-hybridized carbons (Fsp3) is 0.222. The van der Waals surface area contributed by atoms with E-state index in [1.807, 2.05) is 12.1 Å². The molecule has 0 unspecified atom stereocenters. The van der Waals surface area contributed by atoms with Crippen LogP contribution in [-0.4, -0.2) is 28.1 Å². The van der Waals surface area contributed by atoms with Crippen LogP contribution in [0.2, 0.25) is 0 Å². The van der Waals surface area contributed by atoms with Crippen molar-refractivity contribution in [2.75, 3.05) is 7.11 Å². The molecule has 3 aromatic rings. The Labute approximate surface area is 143 Å². The van der Waals surface area contributed by atoms with Gasteiger partial charge in [-0.2, -0.15) is 0 Å². The summed E-state index contributed by atoms with van der Waals surface area (Å²) in [6, 6.07) is 14.2. The minimum absolute atomic E-state index is 0.0447. The van der Waals surface area contributed by atoms with Crippen LogP contribution in [-0.2, 0) is 22.7 Å². The van der Waals surface area contributed by atoms with Gasteiger partial charge in [-0.25, -0.2) is 4.68 Å². The molecule has 7 heteroatoms. The number of ether oxygens (including phenoxy) is 2. The Hall–Kier alpha value is -3.22. The van der Waals surface area contributed by atoms with Gasteiger partial charge in [-0.15, -0.1) is 5.10 Å². The van der Waals surface area contributed by atoms with Crippen molar-refractivity contribution in [1.29, 1.82) is 0 Å². The Morgan fingerprint density at radius 3 is 2.64 bits per heavy atom. The van der Waals surface area contributed by atoms with E-state index in [0.717, 1.165) is 11.3 Å². The lowest BCUT2D eigenvalue weighted by Crippen LogP contribution is -2.25. The monoisotopic (exact) mass is 339 g/mol. The normalized spacial score (nSPS) is 10.6. The summed E-state index contributed by atoms with van der Waals surface area (Å²) < 4.78 is 11.5. The molecule has 0 amide bonds. The molecule has 7 nitrogen and oxygen atoms in total. The zero-order valence-electron chi connectivity index (χ0n) is 13.7. The Kier molecular flexibility index (Phi) is 5.03. The summed E-state index contributed by atoms with van der Waals surface area (Å²) in [6.45, 7) is 0.291. The summed E-state index contributed by atoms with van der Waals surface area (Å²) in [6.07, 6.45) is 0.0447. The van der Waals surface area contributed by atoms with Crippen LogP contribution in [0.15, 0.2) is 53.3 Å². The van der Waals surface area contributed by atoms with Gasteiger partial charge in [0.15, 0.2) is 0 Å². The van der Waals surface area contributed by atoms with Gasteiger partial charge in [-0.3, -0.25) is 9.59 Å². The number of carbonyl (C=O) groups excluding carboxylic acids is 1. The van der Waals surface area contributed by atoms with Crippen LogP contribution < -0.4 is 10.3 Å². The van der Waals surface area contributed by atoms with Crippen molar-refractivity contribution in [1.82, 2.24) is 15.0 Å². The molecule has 0 aliphatic rings.